The molecule has 102 valence electrons. The van der Waals surface area contributed by atoms with Gasteiger partial charge in [-0.25, -0.2) is 4.98 Å². The van der Waals surface area contributed by atoms with Crippen molar-refractivity contribution in [2.45, 2.75) is 28.6 Å². The Morgan fingerprint density at radius 1 is 1.15 bits per heavy atom. The van der Waals surface area contributed by atoms with Crippen molar-refractivity contribution in [3.05, 3.63) is 54.1 Å². The first-order valence-corrected chi connectivity index (χ1v) is 8.28. The van der Waals surface area contributed by atoms with E-state index in [1.54, 1.807) is 23.1 Å². The van der Waals surface area contributed by atoms with Crippen molar-refractivity contribution >= 4 is 33.3 Å². The highest BCUT2D eigenvalue weighted by molar-refractivity contribution is 8.01. The highest BCUT2D eigenvalue weighted by Crippen LogP contribution is 2.34. The molecule has 1 heterocycles. The van der Waals surface area contributed by atoms with Crippen LogP contribution in [0.5, 0.6) is 0 Å². The average Bonchev–Trinajstić information content (AvgIpc) is 2.89. The van der Waals surface area contributed by atoms with Gasteiger partial charge in [-0.3, -0.25) is 0 Å². The van der Waals surface area contributed by atoms with Crippen molar-refractivity contribution in [1.82, 2.24) is 4.98 Å². The third-order valence-electron chi connectivity index (χ3n) is 3.23. The maximum Gasteiger partial charge on any atom is 0.155 e. The van der Waals surface area contributed by atoms with E-state index in [9.17, 15) is 0 Å². The van der Waals surface area contributed by atoms with Gasteiger partial charge >= 0.3 is 0 Å². The second-order valence-corrected chi connectivity index (χ2v) is 6.98. The Labute approximate surface area is 127 Å². The quantitative estimate of drug-likeness (QED) is 0.748. The molecule has 2 N–H and O–H groups in total. The van der Waals surface area contributed by atoms with Gasteiger partial charge in [-0.2, -0.15) is 0 Å². The topological polar surface area (TPSA) is 38.9 Å². The van der Waals surface area contributed by atoms with Crippen LogP contribution in [0.3, 0.4) is 0 Å². The van der Waals surface area contributed by atoms with Crippen molar-refractivity contribution in [3.63, 3.8) is 0 Å². The first-order chi connectivity index (χ1) is 9.76. The number of benzene rings is 2. The minimum Gasteiger partial charge on any atom is -0.324 e. The molecule has 0 fully saturated rings. The molecule has 0 amide bonds. The molecule has 3 rings (SSSR count). The molecule has 20 heavy (non-hydrogen) atoms. The summed E-state index contributed by atoms with van der Waals surface area (Å²) in [6.45, 7) is 2.11. The Morgan fingerprint density at radius 2 is 1.90 bits per heavy atom. The third-order valence-corrected chi connectivity index (χ3v) is 5.33. The molecule has 0 aliphatic carbocycles. The number of hydrogen-bond acceptors (Lipinski definition) is 4. The summed E-state index contributed by atoms with van der Waals surface area (Å²) >= 11 is 3.44. The predicted octanol–water partition coefficient (Wildman–Crippen LogP) is 4.86. The van der Waals surface area contributed by atoms with Gasteiger partial charge < -0.3 is 5.73 Å². The molecule has 0 saturated heterocycles. The van der Waals surface area contributed by atoms with Crippen LogP contribution in [0, 0.1) is 0 Å². The van der Waals surface area contributed by atoms with Crippen LogP contribution in [-0.4, -0.2) is 4.98 Å². The molecule has 0 aliphatic rings. The summed E-state index contributed by atoms with van der Waals surface area (Å²) in [5, 5.41) is 0. The standard InChI is InChI=1S/C16H16N2S2/c1-2-13(17)11-7-9-12(10-8-11)19-16-18-14-5-3-4-6-15(14)20-16/h3-10,13H,2,17H2,1H3. The molecule has 0 bridgehead atoms. The minimum atomic E-state index is 0.136. The maximum absolute atomic E-state index is 6.03. The summed E-state index contributed by atoms with van der Waals surface area (Å²) < 4.78 is 2.32. The van der Waals surface area contributed by atoms with Crippen LogP contribution in [0.15, 0.2) is 57.8 Å². The lowest BCUT2D eigenvalue weighted by atomic mass is 10.1. The van der Waals surface area contributed by atoms with E-state index in [4.69, 9.17) is 5.73 Å². The van der Waals surface area contributed by atoms with Crippen LogP contribution in [0.4, 0.5) is 0 Å². The van der Waals surface area contributed by atoms with Crippen LogP contribution in [0.2, 0.25) is 0 Å². The Morgan fingerprint density at radius 3 is 2.60 bits per heavy atom. The monoisotopic (exact) mass is 300 g/mol. The molecule has 4 heteroatoms. The van der Waals surface area contributed by atoms with E-state index < -0.39 is 0 Å². The van der Waals surface area contributed by atoms with Gasteiger partial charge in [0.25, 0.3) is 0 Å². The summed E-state index contributed by atoms with van der Waals surface area (Å²) in [7, 11) is 0. The Kier molecular flexibility index (Phi) is 4.05. The van der Waals surface area contributed by atoms with Gasteiger partial charge in [-0.1, -0.05) is 43.0 Å². The molecule has 3 aromatic rings. The molecule has 1 unspecified atom stereocenters. The Hall–Kier alpha value is -1.36. The molecule has 1 atom stereocenters. The number of nitrogens with two attached hydrogens (primary N) is 1. The molecular weight excluding hydrogens is 284 g/mol. The van der Waals surface area contributed by atoms with E-state index in [0.29, 0.717) is 0 Å². The van der Waals surface area contributed by atoms with Crippen LogP contribution in [-0.2, 0) is 0 Å². The van der Waals surface area contributed by atoms with Crippen LogP contribution < -0.4 is 5.73 Å². The van der Waals surface area contributed by atoms with E-state index >= 15 is 0 Å². The van der Waals surface area contributed by atoms with Gasteiger partial charge in [0, 0.05) is 10.9 Å². The number of hydrogen-bond donors (Lipinski definition) is 1. The van der Waals surface area contributed by atoms with Gasteiger partial charge in [-0.15, -0.1) is 11.3 Å². The third kappa shape index (κ3) is 2.87. The van der Waals surface area contributed by atoms with Crippen molar-refractivity contribution in [3.8, 4) is 0 Å². The van der Waals surface area contributed by atoms with E-state index in [-0.39, 0.29) is 6.04 Å². The van der Waals surface area contributed by atoms with E-state index in [0.717, 1.165) is 16.3 Å². The number of thiazole rings is 1. The number of fused-ring (bicyclic) bond motifs is 1. The van der Waals surface area contributed by atoms with Gasteiger partial charge in [0.2, 0.25) is 0 Å². The Balaban J connectivity index is 1.80. The lowest BCUT2D eigenvalue weighted by Crippen LogP contribution is -2.07. The average molecular weight is 300 g/mol. The van der Waals surface area contributed by atoms with Crippen LogP contribution >= 0.6 is 23.1 Å². The zero-order valence-corrected chi connectivity index (χ0v) is 12.9. The highest BCUT2D eigenvalue weighted by Gasteiger charge is 2.06. The normalized spacial score (nSPS) is 12.7. The van der Waals surface area contributed by atoms with Gasteiger partial charge in [0.15, 0.2) is 4.34 Å². The van der Waals surface area contributed by atoms with Crippen molar-refractivity contribution in [2.75, 3.05) is 0 Å². The van der Waals surface area contributed by atoms with Crippen LogP contribution in [0.25, 0.3) is 10.2 Å². The lowest BCUT2D eigenvalue weighted by molar-refractivity contribution is 0.698. The fraction of sp³-hybridized carbons (Fsp3) is 0.188. The number of para-hydroxylation sites is 1. The highest BCUT2D eigenvalue weighted by atomic mass is 32.2. The molecular formula is C16H16N2S2. The van der Waals surface area contributed by atoms with E-state index in [1.807, 2.05) is 6.07 Å². The number of nitrogens with zero attached hydrogens (tertiary/aromatic N) is 1. The first kappa shape index (κ1) is 13.6. The second kappa shape index (κ2) is 5.95. The molecule has 1 aromatic heterocycles. The summed E-state index contributed by atoms with van der Waals surface area (Å²) in [4.78, 5) is 5.84. The lowest BCUT2D eigenvalue weighted by Gasteiger charge is -2.09. The van der Waals surface area contributed by atoms with Crippen molar-refractivity contribution in [2.24, 2.45) is 5.73 Å². The molecule has 2 nitrogen and oxygen atoms in total. The van der Waals surface area contributed by atoms with Crippen LogP contribution in [0.1, 0.15) is 24.9 Å². The summed E-state index contributed by atoms with van der Waals surface area (Å²) in [5.74, 6) is 0. The molecule has 0 spiro atoms. The predicted molar refractivity (Wildman–Crippen MR) is 87.4 cm³/mol. The zero-order chi connectivity index (χ0) is 13.9. The number of aromatic nitrogens is 1. The van der Waals surface area contributed by atoms with Gasteiger partial charge in [0.05, 0.1) is 10.2 Å². The summed E-state index contributed by atoms with van der Waals surface area (Å²) in [6, 6.07) is 16.9. The number of rotatable bonds is 4. The van der Waals surface area contributed by atoms with E-state index in [2.05, 4.69) is 54.4 Å². The van der Waals surface area contributed by atoms with E-state index in [1.165, 1.54) is 15.2 Å². The zero-order valence-electron chi connectivity index (χ0n) is 11.2. The largest absolute Gasteiger partial charge is 0.324 e. The fourth-order valence-electron chi connectivity index (χ4n) is 2.01. The maximum atomic E-state index is 6.03. The smallest absolute Gasteiger partial charge is 0.155 e. The molecule has 2 aromatic carbocycles. The molecule has 0 aliphatic heterocycles. The van der Waals surface area contributed by atoms with Crippen molar-refractivity contribution in [1.29, 1.82) is 0 Å². The summed E-state index contributed by atoms with van der Waals surface area (Å²) in [5.41, 5.74) is 8.30. The fourth-order valence-corrected chi connectivity index (χ4v) is 4.05. The molecule has 0 radical (unpaired) electrons. The summed E-state index contributed by atoms with van der Waals surface area (Å²) in [6.07, 6.45) is 0.963. The SMILES string of the molecule is CCC(N)c1ccc(Sc2nc3ccccc3s2)cc1. The van der Waals surface area contributed by atoms with Gasteiger partial charge in [0.1, 0.15) is 0 Å². The Bertz CT molecular complexity index is 671. The minimum absolute atomic E-state index is 0.136. The second-order valence-electron chi connectivity index (χ2n) is 4.63. The van der Waals surface area contributed by atoms with Crippen molar-refractivity contribution < 1.29 is 0 Å². The first-order valence-electron chi connectivity index (χ1n) is 6.65. The van der Waals surface area contributed by atoms with Gasteiger partial charge in [-0.05, 0) is 36.2 Å². The molecule has 0 saturated carbocycles.